The number of esters is 1. The van der Waals surface area contributed by atoms with E-state index in [-0.39, 0.29) is 12.5 Å². The number of carbonyl (C=O) groups is 1. The minimum Gasteiger partial charge on any atom is -0.465 e. The Morgan fingerprint density at radius 3 is 3.22 bits per heavy atom. The van der Waals surface area contributed by atoms with Gasteiger partial charge in [0.1, 0.15) is 18.7 Å². The van der Waals surface area contributed by atoms with Gasteiger partial charge in [0.25, 0.3) is 0 Å². The van der Waals surface area contributed by atoms with Crippen LogP contribution in [-0.2, 0) is 14.3 Å². The Labute approximate surface area is 106 Å². The molecule has 6 heteroatoms. The molecule has 0 spiro atoms. The molecule has 0 saturated carbocycles. The van der Waals surface area contributed by atoms with E-state index in [1.807, 2.05) is 6.07 Å². The summed E-state index contributed by atoms with van der Waals surface area (Å²) in [5.41, 5.74) is 0.953. The first kappa shape index (κ1) is 12.8. The Bertz CT molecular complexity index is 405. The lowest BCUT2D eigenvalue weighted by atomic mass is 10.1. The standard InChI is InChI=1S/C12H17N3O3/c1-2-18-12(16)6-13-11-5-10(14-8-15-11)9-3-4-17-7-9/h5,8-9H,2-4,6-7H2,1H3,(H,13,14,15). The van der Waals surface area contributed by atoms with Crippen LogP contribution in [0.4, 0.5) is 5.82 Å². The molecule has 1 aromatic heterocycles. The van der Waals surface area contributed by atoms with Gasteiger partial charge in [0.2, 0.25) is 0 Å². The van der Waals surface area contributed by atoms with Crippen LogP contribution in [0, 0.1) is 0 Å². The zero-order valence-electron chi connectivity index (χ0n) is 10.4. The second-order valence-electron chi connectivity index (χ2n) is 4.05. The van der Waals surface area contributed by atoms with E-state index in [0.717, 1.165) is 18.7 Å². The molecule has 0 radical (unpaired) electrons. The average molecular weight is 251 g/mol. The Kier molecular flexibility index (Phi) is 4.46. The van der Waals surface area contributed by atoms with E-state index in [1.165, 1.54) is 6.33 Å². The molecule has 0 amide bonds. The summed E-state index contributed by atoms with van der Waals surface area (Å²) in [5, 5.41) is 2.93. The lowest BCUT2D eigenvalue weighted by molar-refractivity contribution is -0.140. The van der Waals surface area contributed by atoms with E-state index < -0.39 is 0 Å². The van der Waals surface area contributed by atoms with E-state index >= 15 is 0 Å². The fourth-order valence-corrected chi connectivity index (χ4v) is 1.83. The van der Waals surface area contributed by atoms with Gasteiger partial charge in [-0.25, -0.2) is 9.97 Å². The summed E-state index contributed by atoms with van der Waals surface area (Å²) in [5.74, 6) is 0.679. The smallest absolute Gasteiger partial charge is 0.325 e. The maximum Gasteiger partial charge on any atom is 0.325 e. The topological polar surface area (TPSA) is 73.3 Å². The molecule has 1 aromatic rings. The molecule has 0 bridgehead atoms. The van der Waals surface area contributed by atoms with Crippen LogP contribution in [0.2, 0.25) is 0 Å². The van der Waals surface area contributed by atoms with Crippen molar-refractivity contribution < 1.29 is 14.3 Å². The van der Waals surface area contributed by atoms with Gasteiger partial charge in [-0.15, -0.1) is 0 Å². The van der Waals surface area contributed by atoms with Crippen molar-refractivity contribution in [2.75, 3.05) is 31.7 Å². The van der Waals surface area contributed by atoms with E-state index in [1.54, 1.807) is 6.92 Å². The van der Waals surface area contributed by atoms with Crippen LogP contribution < -0.4 is 5.32 Å². The quantitative estimate of drug-likeness (QED) is 0.786. The van der Waals surface area contributed by atoms with Crippen LogP contribution in [0.5, 0.6) is 0 Å². The highest BCUT2D eigenvalue weighted by Crippen LogP contribution is 2.24. The first-order valence-electron chi connectivity index (χ1n) is 6.08. The maximum absolute atomic E-state index is 11.2. The van der Waals surface area contributed by atoms with Crippen molar-refractivity contribution in [1.82, 2.24) is 9.97 Å². The van der Waals surface area contributed by atoms with Gasteiger partial charge in [0, 0.05) is 18.6 Å². The summed E-state index contributed by atoms with van der Waals surface area (Å²) in [4.78, 5) is 19.5. The molecule has 1 atom stereocenters. The van der Waals surface area contributed by atoms with Crippen molar-refractivity contribution in [2.45, 2.75) is 19.3 Å². The predicted octanol–water partition coefficient (Wildman–Crippen LogP) is 0.955. The third-order valence-corrected chi connectivity index (χ3v) is 2.76. The molecule has 1 aliphatic rings. The molecule has 2 rings (SSSR count). The average Bonchev–Trinajstić information content (AvgIpc) is 2.91. The number of aromatic nitrogens is 2. The van der Waals surface area contributed by atoms with E-state index in [9.17, 15) is 4.79 Å². The van der Waals surface area contributed by atoms with Crippen molar-refractivity contribution in [3.05, 3.63) is 18.1 Å². The van der Waals surface area contributed by atoms with E-state index in [4.69, 9.17) is 9.47 Å². The third-order valence-electron chi connectivity index (χ3n) is 2.76. The Hall–Kier alpha value is -1.69. The van der Waals surface area contributed by atoms with Crippen LogP contribution in [0.15, 0.2) is 12.4 Å². The number of anilines is 1. The summed E-state index contributed by atoms with van der Waals surface area (Å²) in [7, 11) is 0. The predicted molar refractivity (Wildman–Crippen MR) is 65.3 cm³/mol. The lowest BCUT2D eigenvalue weighted by Crippen LogP contribution is -2.17. The number of hydrogen-bond acceptors (Lipinski definition) is 6. The minimum absolute atomic E-state index is 0.117. The number of rotatable bonds is 5. The molecule has 6 nitrogen and oxygen atoms in total. The van der Waals surface area contributed by atoms with Crippen molar-refractivity contribution in [2.24, 2.45) is 0 Å². The Morgan fingerprint density at radius 2 is 2.50 bits per heavy atom. The molecule has 1 N–H and O–H groups in total. The molecular weight excluding hydrogens is 234 g/mol. The number of ether oxygens (including phenoxy) is 2. The normalized spacial score (nSPS) is 18.6. The monoisotopic (exact) mass is 251 g/mol. The molecule has 98 valence electrons. The molecule has 1 fully saturated rings. The highest BCUT2D eigenvalue weighted by atomic mass is 16.5. The van der Waals surface area contributed by atoms with Gasteiger partial charge < -0.3 is 14.8 Å². The highest BCUT2D eigenvalue weighted by molar-refractivity contribution is 5.74. The number of hydrogen-bond donors (Lipinski definition) is 1. The second-order valence-corrected chi connectivity index (χ2v) is 4.05. The Morgan fingerprint density at radius 1 is 1.61 bits per heavy atom. The SMILES string of the molecule is CCOC(=O)CNc1cc(C2CCOC2)ncn1. The number of nitrogens with zero attached hydrogens (tertiary/aromatic N) is 2. The summed E-state index contributed by atoms with van der Waals surface area (Å²) in [6, 6.07) is 1.86. The molecule has 0 aromatic carbocycles. The molecule has 2 heterocycles. The zero-order valence-corrected chi connectivity index (χ0v) is 10.4. The van der Waals surface area contributed by atoms with Gasteiger partial charge >= 0.3 is 5.97 Å². The van der Waals surface area contributed by atoms with Gasteiger partial charge in [-0.3, -0.25) is 4.79 Å². The van der Waals surface area contributed by atoms with Crippen LogP contribution in [0.25, 0.3) is 0 Å². The fraction of sp³-hybridized carbons (Fsp3) is 0.583. The lowest BCUT2D eigenvalue weighted by Gasteiger charge is -2.09. The molecular formula is C12H17N3O3. The number of carbonyl (C=O) groups excluding carboxylic acids is 1. The van der Waals surface area contributed by atoms with Gasteiger partial charge in [-0.05, 0) is 13.3 Å². The Balaban J connectivity index is 1.92. The molecule has 0 aliphatic carbocycles. The van der Waals surface area contributed by atoms with Crippen LogP contribution in [-0.4, -0.2) is 42.3 Å². The largest absolute Gasteiger partial charge is 0.465 e. The summed E-state index contributed by atoms with van der Waals surface area (Å²) in [6.07, 6.45) is 2.48. The first-order chi connectivity index (χ1) is 8.79. The van der Waals surface area contributed by atoms with E-state index in [0.29, 0.717) is 24.9 Å². The van der Waals surface area contributed by atoms with Gasteiger partial charge in [-0.2, -0.15) is 0 Å². The van der Waals surface area contributed by atoms with Crippen molar-refractivity contribution in [3.63, 3.8) is 0 Å². The van der Waals surface area contributed by atoms with Gasteiger partial charge in [0.15, 0.2) is 0 Å². The van der Waals surface area contributed by atoms with Gasteiger partial charge in [-0.1, -0.05) is 0 Å². The van der Waals surface area contributed by atoms with Crippen molar-refractivity contribution in [1.29, 1.82) is 0 Å². The fourth-order valence-electron chi connectivity index (χ4n) is 1.83. The second kappa shape index (κ2) is 6.30. The molecule has 1 unspecified atom stereocenters. The molecule has 18 heavy (non-hydrogen) atoms. The molecule has 1 aliphatic heterocycles. The highest BCUT2D eigenvalue weighted by Gasteiger charge is 2.19. The maximum atomic E-state index is 11.2. The van der Waals surface area contributed by atoms with Crippen LogP contribution >= 0.6 is 0 Å². The van der Waals surface area contributed by atoms with Crippen molar-refractivity contribution in [3.8, 4) is 0 Å². The van der Waals surface area contributed by atoms with Crippen molar-refractivity contribution >= 4 is 11.8 Å². The van der Waals surface area contributed by atoms with Gasteiger partial charge in [0.05, 0.1) is 18.9 Å². The van der Waals surface area contributed by atoms with Crippen LogP contribution in [0.1, 0.15) is 25.0 Å². The summed E-state index contributed by atoms with van der Waals surface area (Å²) in [6.45, 7) is 3.76. The first-order valence-corrected chi connectivity index (χ1v) is 6.08. The summed E-state index contributed by atoms with van der Waals surface area (Å²) >= 11 is 0. The third kappa shape index (κ3) is 3.40. The van der Waals surface area contributed by atoms with Crippen LogP contribution in [0.3, 0.4) is 0 Å². The molecule has 1 saturated heterocycles. The summed E-state index contributed by atoms with van der Waals surface area (Å²) < 4.78 is 10.2. The van der Waals surface area contributed by atoms with E-state index in [2.05, 4.69) is 15.3 Å². The minimum atomic E-state index is -0.290. The number of nitrogens with one attached hydrogen (secondary N) is 1. The zero-order chi connectivity index (χ0) is 12.8.